The molecule has 0 aliphatic heterocycles. The molecule has 0 aliphatic carbocycles. The summed E-state index contributed by atoms with van der Waals surface area (Å²) in [7, 11) is 0. The fourth-order valence-electron chi connectivity index (χ4n) is 2.15. The highest BCUT2D eigenvalue weighted by atomic mass is 32.2. The Morgan fingerprint density at radius 2 is 2.00 bits per heavy atom. The Morgan fingerprint density at radius 3 is 2.76 bits per heavy atom. The van der Waals surface area contributed by atoms with E-state index >= 15 is 0 Å². The van der Waals surface area contributed by atoms with Crippen molar-refractivity contribution >= 4 is 28.7 Å². The topological polar surface area (TPSA) is 69.6 Å². The van der Waals surface area contributed by atoms with E-state index in [9.17, 15) is 0 Å². The van der Waals surface area contributed by atoms with Crippen molar-refractivity contribution in [3.05, 3.63) is 42.2 Å². The lowest BCUT2D eigenvalue weighted by Gasteiger charge is -2.04. The number of nitrogens with zero attached hydrogens (tertiary/aromatic N) is 4. The van der Waals surface area contributed by atoms with E-state index in [0.717, 1.165) is 24.4 Å². The fourth-order valence-corrected chi connectivity index (χ4v) is 2.98. The number of nitrogen functional groups attached to an aromatic ring is 1. The average Bonchev–Trinajstić information content (AvgIpc) is 2.92. The van der Waals surface area contributed by atoms with E-state index in [-0.39, 0.29) is 0 Å². The summed E-state index contributed by atoms with van der Waals surface area (Å²) in [5.41, 5.74) is 8.78. The second-order valence-electron chi connectivity index (χ2n) is 4.68. The number of hydrogen-bond acceptors (Lipinski definition) is 5. The van der Waals surface area contributed by atoms with Gasteiger partial charge in [0.25, 0.3) is 0 Å². The number of anilines is 1. The molecule has 108 valence electrons. The molecule has 0 unspecified atom stereocenters. The monoisotopic (exact) mass is 299 g/mol. The zero-order chi connectivity index (χ0) is 14.7. The number of fused-ring (bicyclic) bond motifs is 1. The molecule has 0 fully saturated rings. The Balaban J connectivity index is 1.75. The maximum Gasteiger partial charge on any atom is 0.191 e. The fraction of sp³-hybridized carbons (Fsp3) is 0.267. The van der Waals surface area contributed by atoms with Gasteiger partial charge >= 0.3 is 0 Å². The van der Waals surface area contributed by atoms with Gasteiger partial charge in [0.05, 0.1) is 6.33 Å². The normalized spacial score (nSPS) is 11.1. The van der Waals surface area contributed by atoms with Crippen LogP contribution in [0, 0.1) is 0 Å². The zero-order valence-corrected chi connectivity index (χ0v) is 12.7. The minimum atomic E-state index is 0.453. The number of aryl methyl sites for hydroxylation is 2. The quantitative estimate of drug-likeness (QED) is 0.579. The van der Waals surface area contributed by atoms with Crippen LogP contribution in [0.1, 0.15) is 12.5 Å². The molecular weight excluding hydrogens is 282 g/mol. The van der Waals surface area contributed by atoms with Crippen molar-refractivity contribution in [1.82, 2.24) is 19.5 Å². The first kappa shape index (κ1) is 13.9. The Bertz CT molecular complexity index is 738. The van der Waals surface area contributed by atoms with Crippen LogP contribution in [0.5, 0.6) is 0 Å². The zero-order valence-electron chi connectivity index (χ0n) is 11.9. The second kappa shape index (κ2) is 6.13. The summed E-state index contributed by atoms with van der Waals surface area (Å²) in [6.45, 7) is 2.88. The van der Waals surface area contributed by atoms with Gasteiger partial charge in [-0.25, -0.2) is 15.0 Å². The highest BCUT2D eigenvalue weighted by molar-refractivity contribution is 7.99. The Labute approximate surface area is 127 Å². The number of aromatic nitrogens is 4. The lowest BCUT2D eigenvalue weighted by molar-refractivity contribution is 0.771. The van der Waals surface area contributed by atoms with Gasteiger partial charge in [0, 0.05) is 12.3 Å². The molecule has 6 heteroatoms. The molecule has 0 saturated heterocycles. The van der Waals surface area contributed by atoms with Gasteiger partial charge in [-0.15, -0.1) is 0 Å². The summed E-state index contributed by atoms with van der Waals surface area (Å²) in [6, 6.07) is 10.4. The maximum absolute atomic E-state index is 5.97. The predicted octanol–water partition coefficient (Wildman–Crippen LogP) is 2.76. The summed E-state index contributed by atoms with van der Waals surface area (Å²) in [6.07, 6.45) is 2.74. The van der Waals surface area contributed by atoms with Crippen LogP contribution in [0.2, 0.25) is 0 Å². The van der Waals surface area contributed by atoms with Gasteiger partial charge < -0.3 is 10.3 Å². The minimum absolute atomic E-state index is 0.453. The molecular formula is C15H17N5S. The first-order chi connectivity index (χ1) is 10.3. The van der Waals surface area contributed by atoms with Gasteiger partial charge in [-0.1, -0.05) is 42.1 Å². The molecule has 21 heavy (non-hydrogen) atoms. The smallest absolute Gasteiger partial charge is 0.191 e. The van der Waals surface area contributed by atoms with Crippen LogP contribution in [-0.4, -0.2) is 25.3 Å². The van der Waals surface area contributed by atoms with Gasteiger partial charge in [0.1, 0.15) is 5.52 Å². The summed E-state index contributed by atoms with van der Waals surface area (Å²) < 4.78 is 1.98. The number of rotatable bonds is 5. The molecule has 0 atom stereocenters. The van der Waals surface area contributed by atoms with Crippen molar-refractivity contribution in [2.45, 2.75) is 25.0 Å². The molecule has 0 amide bonds. The van der Waals surface area contributed by atoms with Crippen LogP contribution in [0.25, 0.3) is 11.2 Å². The number of benzene rings is 1. The van der Waals surface area contributed by atoms with E-state index in [1.54, 1.807) is 18.1 Å². The van der Waals surface area contributed by atoms with E-state index in [4.69, 9.17) is 5.73 Å². The SMILES string of the molecule is CCn1cnc2c(N)nc(SCCc3ccccc3)nc21. The molecule has 5 nitrogen and oxygen atoms in total. The molecule has 3 aromatic rings. The lowest BCUT2D eigenvalue weighted by Crippen LogP contribution is -2.00. The number of imidazole rings is 1. The van der Waals surface area contributed by atoms with Gasteiger partial charge in [-0.05, 0) is 18.9 Å². The van der Waals surface area contributed by atoms with Crippen LogP contribution in [-0.2, 0) is 13.0 Å². The Kier molecular flexibility index (Phi) is 4.06. The molecule has 0 saturated carbocycles. The molecule has 0 radical (unpaired) electrons. The van der Waals surface area contributed by atoms with Crippen molar-refractivity contribution in [3.63, 3.8) is 0 Å². The van der Waals surface area contributed by atoms with Crippen molar-refractivity contribution in [2.24, 2.45) is 0 Å². The lowest BCUT2D eigenvalue weighted by atomic mass is 10.2. The molecule has 2 N–H and O–H groups in total. The number of nitrogens with two attached hydrogens (primary N) is 1. The molecule has 3 rings (SSSR count). The molecule has 0 spiro atoms. The maximum atomic E-state index is 5.97. The van der Waals surface area contributed by atoms with Gasteiger partial charge in [-0.3, -0.25) is 0 Å². The second-order valence-corrected chi connectivity index (χ2v) is 5.74. The van der Waals surface area contributed by atoms with E-state index in [0.29, 0.717) is 16.5 Å². The van der Waals surface area contributed by atoms with E-state index in [2.05, 4.69) is 46.1 Å². The van der Waals surface area contributed by atoms with Crippen LogP contribution < -0.4 is 5.73 Å². The molecule has 0 aliphatic rings. The van der Waals surface area contributed by atoms with Crippen LogP contribution >= 0.6 is 11.8 Å². The summed E-state index contributed by atoms with van der Waals surface area (Å²) >= 11 is 1.62. The molecule has 0 bridgehead atoms. The third-order valence-electron chi connectivity index (χ3n) is 3.28. The predicted molar refractivity (Wildman–Crippen MR) is 86.3 cm³/mol. The highest BCUT2D eigenvalue weighted by Gasteiger charge is 2.10. The first-order valence-electron chi connectivity index (χ1n) is 6.93. The average molecular weight is 299 g/mol. The van der Waals surface area contributed by atoms with E-state index < -0.39 is 0 Å². The summed E-state index contributed by atoms with van der Waals surface area (Å²) in [5.74, 6) is 1.38. The Morgan fingerprint density at radius 1 is 1.19 bits per heavy atom. The summed E-state index contributed by atoms with van der Waals surface area (Å²) in [5, 5.41) is 0.714. The van der Waals surface area contributed by atoms with Gasteiger partial charge in [0.15, 0.2) is 16.6 Å². The third kappa shape index (κ3) is 3.00. The van der Waals surface area contributed by atoms with Crippen molar-refractivity contribution < 1.29 is 0 Å². The minimum Gasteiger partial charge on any atom is -0.382 e. The molecule has 2 aromatic heterocycles. The largest absolute Gasteiger partial charge is 0.382 e. The van der Waals surface area contributed by atoms with E-state index in [1.165, 1.54) is 5.56 Å². The van der Waals surface area contributed by atoms with Crippen LogP contribution in [0.3, 0.4) is 0 Å². The molecule has 1 aromatic carbocycles. The van der Waals surface area contributed by atoms with Crippen LogP contribution in [0.4, 0.5) is 5.82 Å². The Hall–Kier alpha value is -2.08. The van der Waals surface area contributed by atoms with Gasteiger partial charge in [-0.2, -0.15) is 0 Å². The molecule has 2 heterocycles. The van der Waals surface area contributed by atoms with Crippen LogP contribution in [0.15, 0.2) is 41.8 Å². The standard InChI is InChI=1S/C15H17N5S/c1-2-20-10-17-12-13(16)18-15(19-14(12)20)21-9-8-11-6-4-3-5-7-11/h3-7,10H,2,8-9H2,1H3,(H2,16,18,19). The third-order valence-corrected chi connectivity index (χ3v) is 4.12. The number of hydrogen-bond donors (Lipinski definition) is 1. The van der Waals surface area contributed by atoms with E-state index in [1.807, 2.05) is 10.6 Å². The number of thioether (sulfide) groups is 1. The van der Waals surface area contributed by atoms with Crippen molar-refractivity contribution in [3.8, 4) is 0 Å². The van der Waals surface area contributed by atoms with Crippen molar-refractivity contribution in [1.29, 1.82) is 0 Å². The van der Waals surface area contributed by atoms with Gasteiger partial charge in [0.2, 0.25) is 0 Å². The first-order valence-corrected chi connectivity index (χ1v) is 7.91. The highest BCUT2D eigenvalue weighted by Crippen LogP contribution is 2.22. The van der Waals surface area contributed by atoms with Crippen molar-refractivity contribution in [2.75, 3.05) is 11.5 Å². The summed E-state index contributed by atoms with van der Waals surface area (Å²) in [4.78, 5) is 13.2.